The van der Waals surface area contributed by atoms with Crippen molar-refractivity contribution in [3.8, 4) is 0 Å². The zero-order chi connectivity index (χ0) is 20.3. The van der Waals surface area contributed by atoms with Gasteiger partial charge in [-0.25, -0.2) is 13.7 Å². The van der Waals surface area contributed by atoms with Crippen molar-refractivity contribution in [2.75, 3.05) is 13.2 Å². The molecule has 0 saturated carbocycles. The Labute approximate surface area is 145 Å². The largest absolute Gasteiger partial charge is 0.694 e. The van der Waals surface area contributed by atoms with E-state index >= 15 is 0 Å². The number of phosphoric acid groups is 3. The third-order valence-corrected chi connectivity index (χ3v) is 4.57. The van der Waals surface area contributed by atoms with Crippen molar-refractivity contribution in [1.29, 1.82) is 0 Å². The van der Waals surface area contributed by atoms with Gasteiger partial charge in [-0.15, -0.1) is 9.42 Å². The minimum absolute atomic E-state index is 0.843. The smallest absolute Gasteiger partial charge is 0.364 e. The van der Waals surface area contributed by atoms with Crippen molar-refractivity contribution in [3.63, 3.8) is 0 Å². The van der Waals surface area contributed by atoms with Crippen molar-refractivity contribution in [1.82, 2.24) is 0 Å². The summed E-state index contributed by atoms with van der Waals surface area (Å²) in [5.41, 5.74) is 0. The Hall–Kier alpha value is 0.310. The number of rotatable bonds is 10. The summed E-state index contributed by atoms with van der Waals surface area (Å²) in [6.45, 7) is -1.87. The summed E-state index contributed by atoms with van der Waals surface area (Å²) in [7, 11) is -18.8. The van der Waals surface area contributed by atoms with Crippen LogP contribution in [0.4, 0.5) is 0 Å². The van der Waals surface area contributed by atoms with Crippen molar-refractivity contribution in [2.45, 2.75) is 24.4 Å². The summed E-state index contributed by atoms with van der Waals surface area (Å²) in [6.07, 6.45) is -7.25. The Bertz CT molecular complexity index is 631. The molecule has 0 aromatic heterocycles. The second kappa shape index (κ2) is 9.21. The topological polar surface area (TPSA) is 256 Å². The molecule has 1 aliphatic heterocycles. The van der Waals surface area contributed by atoms with E-state index in [1.54, 1.807) is 0 Å². The van der Waals surface area contributed by atoms with Gasteiger partial charge in [0.25, 0.3) is 0 Å². The van der Waals surface area contributed by atoms with Gasteiger partial charge >= 0.3 is 31.7 Å². The summed E-state index contributed by atoms with van der Waals surface area (Å²) in [6, 6.07) is 0. The highest BCUT2D eigenvalue weighted by Gasteiger charge is 2.52. The first kappa shape index (κ1) is 24.3. The fourth-order valence-electron chi connectivity index (χ4n) is 1.95. The van der Waals surface area contributed by atoms with Gasteiger partial charge in [0, 0.05) is 4.57 Å². The first-order chi connectivity index (χ1) is 11.6. The highest BCUT2D eigenvalue weighted by atomic mass is 31.2. The molecule has 7 N–H and O–H groups in total. The van der Waals surface area contributed by atoms with Gasteiger partial charge in [0.1, 0.15) is 31.0 Å². The van der Waals surface area contributed by atoms with Crippen molar-refractivity contribution in [3.05, 3.63) is 0 Å². The van der Waals surface area contributed by atoms with Crippen LogP contribution in [0.5, 0.6) is 0 Å². The molecule has 26 heavy (non-hydrogen) atoms. The van der Waals surface area contributed by atoms with Crippen LogP contribution in [0.25, 0.3) is 0 Å². The molecule has 154 valence electrons. The molecule has 1 unspecified atom stereocenters. The number of hydrogen-bond acceptors (Lipinski definition) is 9. The molecular weight excluding hydrogens is 452 g/mol. The molecule has 0 aromatic rings. The molecule has 1 fully saturated rings. The Morgan fingerprint density at radius 3 is 1.58 bits per heavy atom. The fraction of sp³-hybridized carbons (Fsp3) is 1.00. The van der Waals surface area contributed by atoms with Gasteiger partial charge < -0.3 is 34.1 Å². The predicted molar refractivity (Wildman–Crippen MR) is 76.3 cm³/mol. The molecule has 0 aromatic carbocycles. The van der Waals surface area contributed by atoms with E-state index in [0.29, 0.717) is 0 Å². The summed E-state index contributed by atoms with van der Waals surface area (Å²) in [5, 5.41) is 0. The molecule has 1 aliphatic rings. The maximum atomic E-state index is 11.1. The summed E-state index contributed by atoms with van der Waals surface area (Å²) in [4.78, 5) is 61.6. The van der Waals surface area contributed by atoms with E-state index in [1.165, 1.54) is 0 Å². The van der Waals surface area contributed by atoms with Gasteiger partial charge in [-0.2, -0.15) is 0 Å². The summed E-state index contributed by atoms with van der Waals surface area (Å²) in [5.74, 6) is 0. The average Bonchev–Trinajstić information content (AvgIpc) is 2.67. The van der Waals surface area contributed by atoms with E-state index in [1.807, 2.05) is 0 Å². The maximum absolute atomic E-state index is 11.1. The van der Waals surface area contributed by atoms with Crippen LogP contribution >= 0.6 is 31.7 Å². The molecule has 20 heteroatoms. The van der Waals surface area contributed by atoms with Crippen LogP contribution in [0.15, 0.2) is 0 Å². The van der Waals surface area contributed by atoms with Crippen molar-refractivity contribution < 1.29 is 75.3 Å². The van der Waals surface area contributed by atoms with E-state index < -0.39 is 69.4 Å². The van der Waals surface area contributed by atoms with Gasteiger partial charge in [0.05, 0.1) is 6.61 Å². The quantitative estimate of drug-likeness (QED) is 0.180. The molecule has 16 nitrogen and oxygen atoms in total. The normalized spacial score (nSPS) is 28.3. The van der Waals surface area contributed by atoms with E-state index in [4.69, 9.17) is 39.0 Å². The van der Waals surface area contributed by atoms with Crippen LogP contribution in [-0.2, 0) is 41.1 Å². The third-order valence-electron chi connectivity index (χ3n) is 2.68. The lowest BCUT2D eigenvalue weighted by Gasteiger charge is -2.24. The van der Waals surface area contributed by atoms with Crippen molar-refractivity contribution >= 4 is 31.7 Å². The fourth-order valence-corrected chi connectivity index (χ4v) is 3.71. The van der Waals surface area contributed by atoms with E-state index in [9.17, 15) is 18.3 Å². The Kier molecular flexibility index (Phi) is 8.62. The lowest BCUT2D eigenvalue weighted by atomic mass is 10.1. The van der Waals surface area contributed by atoms with E-state index in [0.717, 1.165) is 0 Å². The number of ether oxygens (including phenoxy) is 1. The maximum Gasteiger partial charge on any atom is 0.694 e. The molecule has 0 aliphatic carbocycles. The Morgan fingerprint density at radius 1 is 0.808 bits per heavy atom. The van der Waals surface area contributed by atoms with Gasteiger partial charge in [-0.3, -0.25) is 13.6 Å². The molecule has 0 amide bonds. The highest BCUT2D eigenvalue weighted by Crippen LogP contribution is 2.48. The van der Waals surface area contributed by atoms with Gasteiger partial charge in [-0.05, 0) is 0 Å². The first-order valence-electron chi connectivity index (χ1n) is 6.20. The monoisotopic (exact) mass is 467 g/mol. The molecule has 0 radical (unpaired) electrons. The summed E-state index contributed by atoms with van der Waals surface area (Å²) < 4.78 is 65.6. The lowest BCUT2D eigenvalue weighted by Crippen LogP contribution is -2.38. The predicted octanol–water partition coefficient (Wildman–Crippen LogP) is -1.51. The lowest BCUT2D eigenvalue weighted by molar-refractivity contribution is -0.0345. The van der Waals surface area contributed by atoms with Crippen molar-refractivity contribution in [2.24, 2.45) is 0 Å². The summed E-state index contributed by atoms with van der Waals surface area (Å²) >= 11 is 0. The zero-order valence-electron chi connectivity index (χ0n) is 12.3. The second-order valence-corrected chi connectivity index (χ2v) is 9.01. The van der Waals surface area contributed by atoms with Gasteiger partial charge in [0.15, 0.2) is 0 Å². The van der Waals surface area contributed by atoms with Crippen LogP contribution in [0.3, 0.4) is 0 Å². The van der Waals surface area contributed by atoms with Crippen LogP contribution in [-0.4, -0.2) is 71.9 Å². The standard InChI is InChI=1S/C6H14O16P4/c7-23(8)18-1-3-5(21-25(12,13)14)6(22-26(15,16)17)4(20-3)2-19-24(9,10)11/h3-6H,1-2H2,(H6-,7,8,9,10,11,12,13,14,15,16,17)/p+1/t3-,4-,5-,6-/m1/s1. The minimum atomic E-state index is -5.29. The van der Waals surface area contributed by atoms with E-state index in [2.05, 4.69) is 18.1 Å². The zero-order valence-corrected chi connectivity index (χ0v) is 15.9. The molecule has 5 atom stereocenters. The van der Waals surface area contributed by atoms with Gasteiger partial charge in [-0.1, -0.05) is 0 Å². The van der Waals surface area contributed by atoms with Crippen LogP contribution in [0.1, 0.15) is 0 Å². The number of hydrogen-bond donors (Lipinski definition) is 7. The molecule has 1 heterocycles. The minimum Gasteiger partial charge on any atom is -0.364 e. The molecular formula is C6H15O16P4+. The highest BCUT2D eigenvalue weighted by molar-refractivity contribution is 7.46. The first-order valence-corrected chi connectivity index (χ1v) is 11.9. The average molecular weight is 467 g/mol. The van der Waals surface area contributed by atoms with Crippen LogP contribution in [0.2, 0.25) is 0 Å². The Balaban J connectivity index is 3.09. The molecule has 0 bridgehead atoms. The third kappa shape index (κ3) is 9.49. The number of phosphoric ester groups is 3. The Morgan fingerprint density at radius 2 is 1.23 bits per heavy atom. The van der Waals surface area contributed by atoms with Gasteiger partial charge in [0.2, 0.25) is 0 Å². The molecule has 1 saturated heterocycles. The molecule has 0 spiro atoms. The van der Waals surface area contributed by atoms with Crippen LogP contribution in [0, 0.1) is 0 Å². The molecule has 1 rings (SSSR count). The second-order valence-electron chi connectivity index (χ2n) is 4.65. The van der Waals surface area contributed by atoms with Crippen LogP contribution < -0.4 is 0 Å². The van der Waals surface area contributed by atoms with E-state index in [-0.39, 0.29) is 0 Å². The SMILES string of the molecule is O=[P+](O)OC[C@H]1O[C@H](COP(=O)(O)O)[C@@H](OP(=O)(O)O)[C@@H]1OP(=O)(O)O.